The minimum atomic E-state index is -3.47. The molecule has 0 spiro atoms. The monoisotopic (exact) mass is 311 g/mol. The Hall–Kier alpha value is -1.07. The maximum absolute atomic E-state index is 12.9. The van der Waals surface area contributed by atoms with Crippen molar-refractivity contribution in [3.63, 3.8) is 0 Å². The first-order chi connectivity index (χ1) is 9.96. The quantitative estimate of drug-likeness (QED) is 0.857. The minimum Gasteiger partial charge on any atom is -0.492 e. The molecule has 0 unspecified atom stereocenters. The van der Waals surface area contributed by atoms with Crippen LogP contribution in [0.15, 0.2) is 17.0 Å². The summed E-state index contributed by atoms with van der Waals surface area (Å²) in [4.78, 5) is 0.314. The second-order valence-electron chi connectivity index (χ2n) is 5.63. The Kier molecular flexibility index (Phi) is 5.27. The van der Waals surface area contributed by atoms with E-state index in [9.17, 15) is 8.42 Å². The smallest absolute Gasteiger partial charge is 0.246 e. The molecule has 0 radical (unpaired) electrons. The molecule has 0 saturated carbocycles. The molecular formula is C16H25NO3S. The van der Waals surface area contributed by atoms with Crippen molar-refractivity contribution in [3.8, 4) is 5.75 Å². The lowest BCUT2D eigenvalue weighted by molar-refractivity contribution is 0.328. The van der Waals surface area contributed by atoms with E-state index in [1.807, 2.05) is 26.8 Å². The third kappa shape index (κ3) is 3.58. The zero-order chi connectivity index (χ0) is 15.5. The van der Waals surface area contributed by atoms with Gasteiger partial charge in [-0.2, -0.15) is 4.31 Å². The maximum atomic E-state index is 12.9. The first-order valence-corrected chi connectivity index (χ1v) is 9.15. The number of benzene rings is 1. The Balaban J connectivity index is 2.44. The number of rotatable bonds is 4. The maximum Gasteiger partial charge on any atom is 0.246 e. The normalized spacial score (nSPS) is 17.5. The van der Waals surface area contributed by atoms with Crippen molar-refractivity contribution in [2.24, 2.45) is 0 Å². The molecule has 118 valence electrons. The molecule has 2 rings (SSSR count). The van der Waals surface area contributed by atoms with Crippen LogP contribution < -0.4 is 4.74 Å². The van der Waals surface area contributed by atoms with E-state index in [1.54, 1.807) is 10.4 Å². The molecule has 1 aromatic carbocycles. The molecule has 1 fully saturated rings. The van der Waals surface area contributed by atoms with Crippen molar-refractivity contribution >= 4 is 10.0 Å². The molecule has 1 aromatic rings. The first-order valence-electron chi connectivity index (χ1n) is 7.71. The highest BCUT2D eigenvalue weighted by Gasteiger charge is 2.28. The van der Waals surface area contributed by atoms with Crippen LogP contribution in [0.2, 0.25) is 0 Å². The van der Waals surface area contributed by atoms with Crippen LogP contribution in [0.5, 0.6) is 5.75 Å². The molecule has 0 amide bonds. The highest BCUT2D eigenvalue weighted by atomic mass is 32.2. The zero-order valence-corrected chi connectivity index (χ0v) is 14.0. The molecule has 1 aliphatic heterocycles. The number of ether oxygens (including phenoxy) is 1. The average Bonchev–Trinajstić information content (AvgIpc) is 2.72. The summed E-state index contributed by atoms with van der Waals surface area (Å²) in [5.74, 6) is 0.477. The fraction of sp³-hybridized carbons (Fsp3) is 0.625. The van der Waals surface area contributed by atoms with Crippen LogP contribution in [0.25, 0.3) is 0 Å². The van der Waals surface area contributed by atoms with Gasteiger partial charge in [-0.25, -0.2) is 8.42 Å². The Morgan fingerprint density at radius 2 is 1.62 bits per heavy atom. The second-order valence-corrected chi connectivity index (χ2v) is 7.54. The number of aryl methyl sites for hydroxylation is 2. The van der Waals surface area contributed by atoms with Crippen LogP contribution in [0.4, 0.5) is 0 Å². The third-order valence-corrected chi connectivity index (χ3v) is 5.96. The van der Waals surface area contributed by atoms with Crippen molar-refractivity contribution in [2.75, 3.05) is 19.7 Å². The van der Waals surface area contributed by atoms with Gasteiger partial charge in [-0.3, -0.25) is 0 Å². The SMILES string of the molecule is CCOc1cc(C)c(C)cc1S(=O)(=O)N1CCCCCC1. The van der Waals surface area contributed by atoms with Gasteiger partial charge in [-0.05, 0) is 56.9 Å². The summed E-state index contributed by atoms with van der Waals surface area (Å²) in [6.07, 6.45) is 4.09. The fourth-order valence-electron chi connectivity index (χ4n) is 2.65. The number of sulfonamides is 1. The van der Waals surface area contributed by atoms with E-state index in [-0.39, 0.29) is 0 Å². The molecular weight excluding hydrogens is 286 g/mol. The van der Waals surface area contributed by atoms with E-state index in [0.717, 1.165) is 36.8 Å². The van der Waals surface area contributed by atoms with E-state index in [2.05, 4.69) is 0 Å². The van der Waals surface area contributed by atoms with E-state index >= 15 is 0 Å². The van der Waals surface area contributed by atoms with E-state index in [1.165, 1.54) is 0 Å². The van der Waals surface area contributed by atoms with Crippen LogP contribution in [-0.4, -0.2) is 32.4 Å². The molecule has 5 heteroatoms. The summed E-state index contributed by atoms with van der Waals surface area (Å²) in [5, 5.41) is 0. The van der Waals surface area contributed by atoms with Gasteiger partial charge in [0.1, 0.15) is 10.6 Å². The largest absolute Gasteiger partial charge is 0.492 e. The highest BCUT2D eigenvalue weighted by Crippen LogP contribution is 2.31. The van der Waals surface area contributed by atoms with Crippen LogP contribution in [0, 0.1) is 13.8 Å². The Morgan fingerprint density at radius 3 is 2.19 bits per heavy atom. The second kappa shape index (κ2) is 6.79. The van der Waals surface area contributed by atoms with Crippen LogP contribution >= 0.6 is 0 Å². The molecule has 0 aliphatic carbocycles. The van der Waals surface area contributed by atoms with Gasteiger partial charge in [0.15, 0.2) is 0 Å². The Labute approximate surface area is 128 Å². The van der Waals surface area contributed by atoms with Crippen molar-refractivity contribution in [2.45, 2.75) is 51.3 Å². The van der Waals surface area contributed by atoms with Crippen LogP contribution in [0.3, 0.4) is 0 Å². The predicted molar refractivity (Wildman–Crippen MR) is 84.3 cm³/mol. The molecule has 0 atom stereocenters. The Bertz CT molecular complexity index is 588. The lowest BCUT2D eigenvalue weighted by Crippen LogP contribution is -2.32. The topological polar surface area (TPSA) is 46.6 Å². The summed E-state index contributed by atoms with van der Waals surface area (Å²) >= 11 is 0. The van der Waals surface area contributed by atoms with Gasteiger partial charge in [0.2, 0.25) is 10.0 Å². The van der Waals surface area contributed by atoms with Crippen molar-refractivity contribution in [3.05, 3.63) is 23.3 Å². The van der Waals surface area contributed by atoms with Gasteiger partial charge < -0.3 is 4.74 Å². The predicted octanol–water partition coefficient (Wildman–Crippen LogP) is 3.27. The van der Waals surface area contributed by atoms with Gasteiger partial charge in [-0.15, -0.1) is 0 Å². The fourth-order valence-corrected chi connectivity index (χ4v) is 4.37. The summed E-state index contributed by atoms with van der Waals surface area (Å²) < 4.78 is 33.1. The average molecular weight is 311 g/mol. The summed E-state index contributed by atoms with van der Waals surface area (Å²) in [7, 11) is -3.47. The molecule has 1 heterocycles. The summed E-state index contributed by atoms with van der Waals surface area (Å²) in [5.41, 5.74) is 2.03. The number of hydrogen-bond acceptors (Lipinski definition) is 3. The van der Waals surface area contributed by atoms with Gasteiger partial charge in [0.05, 0.1) is 6.61 Å². The number of hydrogen-bond donors (Lipinski definition) is 0. The van der Waals surface area contributed by atoms with Crippen LogP contribution in [0.1, 0.15) is 43.7 Å². The highest BCUT2D eigenvalue weighted by molar-refractivity contribution is 7.89. The van der Waals surface area contributed by atoms with Gasteiger partial charge in [0.25, 0.3) is 0 Å². The molecule has 0 bridgehead atoms. The van der Waals surface area contributed by atoms with Gasteiger partial charge in [0, 0.05) is 13.1 Å². The molecule has 1 saturated heterocycles. The molecule has 21 heavy (non-hydrogen) atoms. The minimum absolute atomic E-state index is 0.314. The summed E-state index contributed by atoms with van der Waals surface area (Å²) in [6, 6.07) is 3.59. The van der Waals surface area contributed by atoms with Crippen molar-refractivity contribution in [1.82, 2.24) is 4.31 Å². The van der Waals surface area contributed by atoms with Crippen LogP contribution in [-0.2, 0) is 10.0 Å². The van der Waals surface area contributed by atoms with E-state index in [4.69, 9.17) is 4.74 Å². The number of nitrogens with zero attached hydrogens (tertiary/aromatic N) is 1. The molecule has 0 N–H and O–H groups in total. The first kappa shape index (κ1) is 16.3. The molecule has 0 aromatic heterocycles. The molecule has 4 nitrogen and oxygen atoms in total. The Morgan fingerprint density at radius 1 is 1.05 bits per heavy atom. The third-order valence-electron chi connectivity index (χ3n) is 4.04. The van der Waals surface area contributed by atoms with Gasteiger partial charge in [-0.1, -0.05) is 12.8 Å². The standard InChI is InChI=1S/C16H25NO3S/c1-4-20-15-11-13(2)14(3)12-16(15)21(18,19)17-9-7-5-6-8-10-17/h11-12H,4-10H2,1-3H3. The lowest BCUT2D eigenvalue weighted by atomic mass is 10.1. The summed E-state index contributed by atoms with van der Waals surface area (Å²) in [6.45, 7) is 7.47. The van der Waals surface area contributed by atoms with Crippen molar-refractivity contribution < 1.29 is 13.2 Å². The van der Waals surface area contributed by atoms with Crippen molar-refractivity contribution in [1.29, 1.82) is 0 Å². The zero-order valence-electron chi connectivity index (χ0n) is 13.2. The van der Waals surface area contributed by atoms with E-state index in [0.29, 0.717) is 30.3 Å². The van der Waals surface area contributed by atoms with E-state index < -0.39 is 10.0 Å². The van der Waals surface area contributed by atoms with Gasteiger partial charge >= 0.3 is 0 Å². The lowest BCUT2D eigenvalue weighted by Gasteiger charge is -2.22. The molecule has 1 aliphatic rings.